The first-order valence-electron chi connectivity index (χ1n) is 15.8. The zero-order valence-corrected chi connectivity index (χ0v) is 29.0. The number of benzene rings is 2. The molecule has 6 heteroatoms. The second-order valence-electron chi connectivity index (χ2n) is 12.6. The fraction of sp³-hybridized carbons (Fsp3) is 0.250. The van der Waals surface area contributed by atoms with E-state index in [9.17, 15) is 0 Å². The SMILES string of the molecule is Cc1cc(/C=C/c2ccc3cc(N(C)C)ccc3[n+]2C)c(C)[nH]1.Cc1cc(/C=C\c2ccc3cc(N(C)C)ccc3[n+]2C)c(C)[nH]1. The van der Waals surface area contributed by atoms with Gasteiger partial charge < -0.3 is 19.8 Å². The molecule has 0 spiro atoms. The zero-order valence-electron chi connectivity index (χ0n) is 29.0. The molecule has 0 amide bonds. The van der Waals surface area contributed by atoms with Crippen LogP contribution in [0.2, 0.25) is 0 Å². The summed E-state index contributed by atoms with van der Waals surface area (Å²) < 4.78 is 4.47. The minimum absolute atomic E-state index is 1.19. The van der Waals surface area contributed by atoms with E-state index in [1.54, 1.807) is 0 Å². The third-order valence-electron chi connectivity index (χ3n) is 8.67. The molecule has 4 aromatic heterocycles. The van der Waals surface area contributed by atoms with Crippen LogP contribution in [0.1, 0.15) is 45.3 Å². The Balaban J connectivity index is 0.000000181. The molecule has 0 atom stereocenters. The lowest BCUT2D eigenvalue weighted by Gasteiger charge is -2.12. The Morgan fingerprint density at radius 1 is 0.500 bits per heavy atom. The minimum atomic E-state index is 1.19. The number of anilines is 2. The van der Waals surface area contributed by atoms with Gasteiger partial charge in [0.2, 0.25) is 22.4 Å². The van der Waals surface area contributed by atoms with Crippen molar-refractivity contribution in [1.29, 1.82) is 0 Å². The summed E-state index contributed by atoms with van der Waals surface area (Å²) in [5.41, 5.74) is 14.6. The Morgan fingerprint density at radius 3 is 1.22 bits per heavy atom. The lowest BCUT2D eigenvalue weighted by atomic mass is 10.1. The average Bonchev–Trinajstić information content (AvgIpc) is 3.53. The summed E-state index contributed by atoms with van der Waals surface area (Å²) in [6, 6.07) is 26.2. The third kappa shape index (κ3) is 7.07. The highest BCUT2D eigenvalue weighted by Gasteiger charge is 2.12. The third-order valence-corrected chi connectivity index (χ3v) is 8.67. The van der Waals surface area contributed by atoms with E-state index in [1.165, 1.54) is 78.5 Å². The molecule has 0 aliphatic rings. The lowest BCUT2D eigenvalue weighted by molar-refractivity contribution is -0.646. The summed E-state index contributed by atoms with van der Waals surface area (Å²) in [4.78, 5) is 10.9. The Kier molecular flexibility index (Phi) is 9.47. The molecule has 0 aliphatic heterocycles. The summed E-state index contributed by atoms with van der Waals surface area (Å²) >= 11 is 0. The molecule has 2 aromatic carbocycles. The molecule has 0 aliphatic carbocycles. The number of aromatic nitrogens is 4. The number of aryl methyl sites for hydroxylation is 6. The number of fused-ring (bicyclic) bond motifs is 2. The molecule has 46 heavy (non-hydrogen) atoms. The highest BCUT2D eigenvalue weighted by molar-refractivity contribution is 5.82. The fourth-order valence-corrected chi connectivity index (χ4v) is 5.89. The molecule has 236 valence electrons. The Morgan fingerprint density at radius 2 is 0.891 bits per heavy atom. The largest absolute Gasteiger partial charge is 0.378 e. The molecule has 6 rings (SSSR count). The molecule has 0 radical (unpaired) electrons. The highest BCUT2D eigenvalue weighted by Crippen LogP contribution is 2.21. The van der Waals surface area contributed by atoms with Gasteiger partial charge in [0.25, 0.3) is 0 Å². The first-order chi connectivity index (χ1) is 21.9. The molecule has 6 aromatic rings. The van der Waals surface area contributed by atoms with Gasteiger partial charge in [-0.3, -0.25) is 0 Å². The number of rotatable bonds is 6. The van der Waals surface area contributed by atoms with Gasteiger partial charge in [-0.2, -0.15) is 9.13 Å². The molecular formula is C40H48N6+2. The van der Waals surface area contributed by atoms with E-state index in [4.69, 9.17) is 0 Å². The molecular weight excluding hydrogens is 564 g/mol. The second-order valence-corrected chi connectivity index (χ2v) is 12.6. The van der Waals surface area contributed by atoms with Gasteiger partial charge in [0.05, 0.1) is 0 Å². The van der Waals surface area contributed by atoms with Crippen molar-refractivity contribution in [3.8, 4) is 0 Å². The van der Waals surface area contributed by atoms with E-state index in [0.29, 0.717) is 0 Å². The van der Waals surface area contributed by atoms with Gasteiger partial charge in [0.15, 0.2) is 0 Å². The van der Waals surface area contributed by atoms with Crippen LogP contribution in [0.15, 0.2) is 72.8 Å². The van der Waals surface area contributed by atoms with Crippen LogP contribution >= 0.6 is 0 Å². The van der Waals surface area contributed by atoms with Gasteiger partial charge in [0.1, 0.15) is 14.1 Å². The predicted octanol–water partition coefficient (Wildman–Crippen LogP) is 7.69. The van der Waals surface area contributed by atoms with Crippen LogP contribution in [0.25, 0.3) is 46.1 Å². The minimum Gasteiger partial charge on any atom is -0.378 e. The second kappa shape index (κ2) is 13.5. The smallest absolute Gasteiger partial charge is 0.212 e. The monoisotopic (exact) mass is 612 g/mol. The van der Waals surface area contributed by atoms with Gasteiger partial charge in [-0.1, -0.05) is 0 Å². The quantitative estimate of drug-likeness (QED) is 0.190. The van der Waals surface area contributed by atoms with E-state index in [0.717, 1.165) is 0 Å². The van der Waals surface area contributed by atoms with Gasteiger partial charge in [-0.15, -0.1) is 0 Å². The summed E-state index contributed by atoms with van der Waals surface area (Å²) in [7, 11) is 12.5. The predicted molar refractivity (Wildman–Crippen MR) is 197 cm³/mol. The van der Waals surface area contributed by atoms with Crippen LogP contribution in [0.3, 0.4) is 0 Å². The molecule has 0 bridgehead atoms. The van der Waals surface area contributed by atoms with Crippen LogP contribution in [-0.2, 0) is 14.1 Å². The van der Waals surface area contributed by atoms with Crippen molar-refractivity contribution >= 4 is 57.5 Å². The average molecular weight is 613 g/mol. The van der Waals surface area contributed by atoms with Gasteiger partial charge in [-0.05, 0) is 99.5 Å². The molecule has 2 N–H and O–H groups in total. The van der Waals surface area contributed by atoms with Crippen LogP contribution in [0.4, 0.5) is 11.4 Å². The van der Waals surface area contributed by atoms with Crippen molar-refractivity contribution in [1.82, 2.24) is 9.97 Å². The zero-order chi connectivity index (χ0) is 33.1. The van der Waals surface area contributed by atoms with Crippen LogP contribution in [0, 0.1) is 27.7 Å². The number of nitrogens with one attached hydrogen (secondary N) is 2. The van der Waals surface area contributed by atoms with E-state index < -0.39 is 0 Å². The summed E-state index contributed by atoms with van der Waals surface area (Å²) in [6.45, 7) is 8.39. The fourth-order valence-electron chi connectivity index (χ4n) is 5.89. The van der Waals surface area contributed by atoms with E-state index >= 15 is 0 Å². The van der Waals surface area contributed by atoms with E-state index in [1.807, 2.05) is 0 Å². The standard InChI is InChI=1S/2C20H23N3/c2*1-14-12-16(15(2)21-14)6-8-18-9-7-17-13-19(22(3)4)10-11-20(17)23(18)5/h2*6-13H,1-5H3/p+2. The number of hydrogen-bond donors (Lipinski definition) is 2. The molecule has 0 fully saturated rings. The highest BCUT2D eigenvalue weighted by atomic mass is 15.1. The van der Waals surface area contributed by atoms with Crippen molar-refractivity contribution in [3.63, 3.8) is 0 Å². The van der Waals surface area contributed by atoms with Crippen LogP contribution in [0.5, 0.6) is 0 Å². The maximum absolute atomic E-state index is 3.34. The van der Waals surface area contributed by atoms with E-state index in [2.05, 4.69) is 196 Å². The molecule has 6 nitrogen and oxygen atoms in total. The summed E-state index contributed by atoms with van der Waals surface area (Å²) in [5.74, 6) is 0. The van der Waals surface area contributed by atoms with Crippen molar-refractivity contribution in [2.75, 3.05) is 38.0 Å². The molecule has 0 saturated carbocycles. The molecule has 0 saturated heterocycles. The van der Waals surface area contributed by atoms with Crippen molar-refractivity contribution in [3.05, 3.63) is 118 Å². The van der Waals surface area contributed by atoms with Crippen molar-refractivity contribution < 1.29 is 9.13 Å². The van der Waals surface area contributed by atoms with Crippen LogP contribution in [-0.4, -0.2) is 38.2 Å². The van der Waals surface area contributed by atoms with Crippen LogP contribution < -0.4 is 18.9 Å². The first kappa shape index (κ1) is 32.3. The Hall–Kier alpha value is -5.10. The van der Waals surface area contributed by atoms with E-state index in [-0.39, 0.29) is 0 Å². The maximum atomic E-state index is 3.34. The Labute approximate surface area is 273 Å². The molecule has 0 unspecified atom stereocenters. The number of hydrogen-bond acceptors (Lipinski definition) is 2. The Bertz CT molecular complexity index is 1920. The normalized spacial score (nSPS) is 11.5. The topological polar surface area (TPSA) is 45.8 Å². The van der Waals surface area contributed by atoms with Crippen molar-refractivity contribution in [2.24, 2.45) is 14.1 Å². The lowest BCUT2D eigenvalue weighted by Crippen LogP contribution is -2.32. The summed E-state index contributed by atoms with van der Waals surface area (Å²) in [6.07, 6.45) is 8.70. The number of nitrogens with zero attached hydrogens (tertiary/aromatic N) is 4. The van der Waals surface area contributed by atoms with Gasteiger partial charge in [0, 0.05) is 110 Å². The number of aromatic amines is 2. The number of pyridine rings is 2. The maximum Gasteiger partial charge on any atom is 0.212 e. The van der Waals surface area contributed by atoms with Crippen molar-refractivity contribution in [2.45, 2.75) is 27.7 Å². The number of H-pyrrole nitrogens is 2. The molecule has 4 heterocycles. The first-order valence-corrected chi connectivity index (χ1v) is 15.8. The van der Waals surface area contributed by atoms with Gasteiger partial charge >= 0.3 is 0 Å². The summed E-state index contributed by atoms with van der Waals surface area (Å²) in [5, 5.41) is 2.51. The van der Waals surface area contributed by atoms with Gasteiger partial charge in [-0.25, -0.2) is 0 Å².